The van der Waals surface area contributed by atoms with Gasteiger partial charge in [0.15, 0.2) is 0 Å². The Kier molecular flexibility index (Phi) is 4.93. The minimum atomic E-state index is -0.855. The maximum Gasteiger partial charge on any atom is 0.305 e. The van der Waals surface area contributed by atoms with E-state index in [4.69, 9.17) is 5.11 Å². The maximum atomic E-state index is 13.4. The highest BCUT2D eigenvalue weighted by molar-refractivity contribution is 9.10. The van der Waals surface area contributed by atoms with E-state index in [0.29, 0.717) is 0 Å². The monoisotopic (exact) mass is 329 g/mol. The van der Waals surface area contributed by atoms with Crippen LogP contribution in [0.25, 0.3) is 0 Å². The third kappa shape index (κ3) is 3.76. The summed E-state index contributed by atoms with van der Waals surface area (Å²) >= 11 is 3.40. The molecule has 1 aliphatic rings. The van der Waals surface area contributed by atoms with Crippen LogP contribution in [-0.2, 0) is 4.79 Å². The molecule has 0 saturated carbocycles. The largest absolute Gasteiger partial charge is 0.481 e. The van der Waals surface area contributed by atoms with Gasteiger partial charge >= 0.3 is 5.97 Å². The molecule has 1 fully saturated rings. The second kappa shape index (κ2) is 6.48. The third-order valence-electron chi connectivity index (χ3n) is 3.52. The SMILES string of the molecule is O=C(O)CC(c1cc(F)ccc1Br)N1CCCCC1. The van der Waals surface area contributed by atoms with Gasteiger partial charge in [-0.15, -0.1) is 0 Å². The zero-order chi connectivity index (χ0) is 13.8. The fourth-order valence-electron chi connectivity index (χ4n) is 2.60. The number of hydrogen-bond acceptors (Lipinski definition) is 2. The molecular weight excluding hydrogens is 313 g/mol. The highest BCUT2D eigenvalue weighted by atomic mass is 79.9. The van der Waals surface area contributed by atoms with E-state index in [1.807, 2.05) is 0 Å². The molecule has 0 bridgehead atoms. The lowest BCUT2D eigenvalue weighted by molar-refractivity contribution is -0.138. The summed E-state index contributed by atoms with van der Waals surface area (Å²) < 4.78 is 14.2. The Morgan fingerprint density at radius 3 is 2.68 bits per heavy atom. The summed E-state index contributed by atoms with van der Waals surface area (Å²) in [5, 5.41) is 9.10. The number of halogens is 2. The molecule has 1 unspecified atom stereocenters. The summed E-state index contributed by atoms with van der Waals surface area (Å²) in [5.41, 5.74) is 0.726. The van der Waals surface area contributed by atoms with Crippen LogP contribution in [0, 0.1) is 5.82 Å². The van der Waals surface area contributed by atoms with Gasteiger partial charge in [-0.05, 0) is 49.7 Å². The van der Waals surface area contributed by atoms with Gasteiger partial charge in [0.25, 0.3) is 0 Å². The number of rotatable bonds is 4. The van der Waals surface area contributed by atoms with E-state index in [0.717, 1.165) is 36.0 Å². The fraction of sp³-hybridized carbons (Fsp3) is 0.500. The van der Waals surface area contributed by atoms with Gasteiger partial charge in [0.2, 0.25) is 0 Å². The van der Waals surface area contributed by atoms with Gasteiger partial charge in [-0.25, -0.2) is 4.39 Å². The number of benzene rings is 1. The van der Waals surface area contributed by atoms with Crippen molar-refractivity contribution in [2.24, 2.45) is 0 Å². The van der Waals surface area contributed by atoms with Crippen molar-refractivity contribution in [1.82, 2.24) is 4.90 Å². The van der Waals surface area contributed by atoms with Crippen molar-refractivity contribution in [1.29, 1.82) is 0 Å². The van der Waals surface area contributed by atoms with E-state index in [2.05, 4.69) is 20.8 Å². The molecule has 0 radical (unpaired) electrons. The first-order valence-corrected chi connectivity index (χ1v) is 7.28. The molecule has 3 nitrogen and oxygen atoms in total. The first-order chi connectivity index (χ1) is 9.08. The van der Waals surface area contributed by atoms with Crippen LogP contribution in [0.2, 0.25) is 0 Å². The summed E-state index contributed by atoms with van der Waals surface area (Å²) in [6, 6.07) is 4.19. The minimum Gasteiger partial charge on any atom is -0.481 e. The average Bonchev–Trinajstić information content (AvgIpc) is 2.40. The number of carboxylic acid groups (broad SMARTS) is 1. The van der Waals surface area contributed by atoms with Crippen LogP contribution < -0.4 is 0 Å². The third-order valence-corrected chi connectivity index (χ3v) is 4.24. The lowest BCUT2D eigenvalue weighted by atomic mass is 9.99. The molecule has 1 aromatic rings. The number of aliphatic carboxylic acids is 1. The molecule has 0 aromatic heterocycles. The van der Waals surface area contributed by atoms with Crippen molar-refractivity contribution >= 4 is 21.9 Å². The normalized spacial score (nSPS) is 18.2. The summed E-state index contributed by atoms with van der Waals surface area (Å²) in [4.78, 5) is 13.2. The Morgan fingerprint density at radius 2 is 2.05 bits per heavy atom. The first kappa shape index (κ1) is 14.5. The smallest absolute Gasteiger partial charge is 0.305 e. The molecule has 0 aliphatic carbocycles. The molecule has 1 atom stereocenters. The standard InChI is InChI=1S/C14H17BrFNO2/c15-12-5-4-10(16)8-11(12)13(9-14(18)19)17-6-2-1-3-7-17/h4-5,8,13H,1-3,6-7,9H2,(H,18,19). The van der Waals surface area contributed by atoms with E-state index in [1.165, 1.54) is 18.6 Å². The highest BCUT2D eigenvalue weighted by Gasteiger charge is 2.26. The lowest BCUT2D eigenvalue weighted by Crippen LogP contribution is -2.35. The molecule has 1 saturated heterocycles. The molecule has 2 rings (SSSR count). The maximum absolute atomic E-state index is 13.4. The molecule has 19 heavy (non-hydrogen) atoms. The number of piperidine rings is 1. The molecule has 0 spiro atoms. The Bertz CT molecular complexity index is 461. The van der Waals surface area contributed by atoms with Crippen molar-refractivity contribution in [3.8, 4) is 0 Å². The summed E-state index contributed by atoms with van der Waals surface area (Å²) in [5.74, 6) is -1.18. The van der Waals surface area contributed by atoms with E-state index in [9.17, 15) is 9.18 Å². The summed E-state index contributed by atoms with van der Waals surface area (Å²) in [6.45, 7) is 1.75. The van der Waals surface area contributed by atoms with Gasteiger partial charge in [-0.1, -0.05) is 22.4 Å². The Balaban J connectivity index is 2.29. The molecule has 1 heterocycles. The first-order valence-electron chi connectivity index (χ1n) is 6.48. The average molecular weight is 330 g/mol. The van der Waals surface area contributed by atoms with Gasteiger partial charge in [-0.3, -0.25) is 9.69 Å². The Labute approximate surface area is 120 Å². The molecule has 1 N–H and O–H groups in total. The van der Waals surface area contributed by atoms with Crippen molar-refractivity contribution in [2.45, 2.75) is 31.7 Å². The topological polar surface area (TPSA) is 40.5 Å². The van der Waals surface area contributed by atoms with Crippen LogP contribution in [0.15, 0.2) is 22.7 Å². The zero-order valence-corrected chi connectivity index (χ0v) is 12.2. The second-order valence-electron chi connectivity index (χ2n) is 4.88. The number of nitrogens with zero attached hydrogens (tertiary/aromatic N) is 1. The van der Waals surface area contributed by atoms with Crippen LogP contribution in [0.3, 0.4) is 0 Å². The van der Waals surface area contributed by atoms with Gasteiger partial charge in [0, 0.05) is 10.5 Å². The predicted octanol–water partition coefficient (Wildman–Crippen LogP) is 3.59. The lowest BCUT2D eigenvalue weighted by Gasteiger charge is -2.34. The molecule has 5 heteroatoms. The number of likely N-dealkylation sites (tertiary alicyclic amines) is 1. The summed E-state index contributed by atoms with van der Waals surface area (Å²) in [7, 11) is 0. The van der Waals surface area contributed by atoms with E-state index in [1.54, 1.807) is 6.07 Å². The van der Waals surface area contributed by atoms with E-state index >= 15 is 0 Å². The van der Waals surface area contributed by atoms with Crippen molar-refractivity contribution < 1.29 is 14.3 Å². The van der Waals surface area contributed by atoms with Crippen molar-refractivity contribution in [3.63, 3.8) is 0 Å². The quantitative estimate of drug-likeness (QED) is 0.917. The molecule has 1 aliphatic heterocycles. The van der Waals surface area contributed by atoms with Crippen LogP contribution >= 0.6 is 15.9 Å². The number of carbonyl (C=O) groups is 1. The fourth-order valence-corrected chi connectivity index (χ4v) is 3.11. The molecule has 104 valence electrons. The number of hydrogen-bond donors (Lipinski definition) is 1. The van der Waals surface area contributed by atoms with Crippen molar-refractivity contribution in [2.75, 3.05) is 13.1 Å². The van der Waals surface area contributed by atoms with Gasteiger partial charge in [-0.2, -0.15) is 0 Å². The highest BCUT2D eigenvalue weighted by Crippen LogP contribution is 2.33. The summed E-state index contributed by atoms with van der Waals surface area (Å²) in [6.07, 6.45) is 3.33. The Morgan fingerprint density at radius 1 is 1.37 bits per heavy atom. The Hall–Kier alpha value is -0.940. The molecule has 0 amide bonds. The second-order valence-corrected chi connectivity index (χ2v) is 5.73. The zero-order valence-electron chi connectivity index (χ0n) is 10.6. The van der Waals surface area contributed by atoms with Crippen molar-refractivity contribution in [3.05, 3.63) is 34.1 Å². The van der Waals surface area contributed by atoms with Crippen LogP contribution in [0.1, 0.15) is 37.3 Å². The van der Waals surface area contributed by atoms with Crippen LogP contribution in [-0.4, -0.2) is 29.1 Å². The number of carboxylic acids is 1. The molecule has 1 aromatic carbocycles. The van der Waals surface area contributed by atoms with E-state index < -0.39 is 5.97 Å². The van der Waals surface area contributed by atoms with Crippen LogP contribution in [0.5, 0.6) is 0 Å². The van der Waals surface area contributed by atoms with E-state index in [-0.39, 0.29) is 18.3 Å². The molecular formula is C14H17BrFNO2. The van der Waals surface area contributed by atoms with Gasteiger partial charge in [0.05, 0.1) is 6.42 Å². The predicted molar refractivity (Wildman–Crippen MR) is 74.5 cm³/mol. The van der Waals surface area contributed by atoms with Gasteiger partial charge < -0.3 is 5.11 Å². The van der Waals surface area contributed by atoms with Gasteiger partial charge in [0.1, 0.15) is 5.82 Å². The van der Waals surface area contributed by atoms with Crippen LogP contribution in [0.4, 0.5) is 4.39 Å². The minimum absolute atomic E-state index is 0.00204.